The number of benzene rings is 2. The van der Waals surface area contributed by atoms with Crippen LogP contribution in [0.3, 0.4) is 0 Å². The highest BCUT2D eigenvalue weighted by Crippen LogP contribution is 2.33. The first-order valence-corrected chi connectivity index (χ1v) is 10.3. The van der Waals surface area contributed by atoms with E-state index < -0.39 is 36.1 Å². The van der Waals surface area contributed by atoms with Crippen molar-refractivity contribution in [1.29, 1.82) is 0 Å². The summed E-state index contributed by atoms with van der Waals surface area (Å²) in [5.41, 5.74) is 1.61. The summed E-state index contributed by atoms with van der Waals surface area (Å²) in [4.78, 5) is 27.4. The number of aromatic amines is 1. The van der Waals surface area contributed by atoms with E-state index in [0.717, 1.165) is 6.07 Å². The molecule has 0 bridgehead atoms. The van der Waals surface area contributed by atoms with Crippen LogP contribution in [0.2, 0.25) is 0 Å². The lowest BCUT2D eigenvalue weighted by molar-refractivity contribution is -0.127. The first-order chi connectivity index (χ1) is 15.4. The second-order valence-corrected chi connectivity index (χ2v) is 7.83. The number of aryl methyl sites for hydroxylation is 1. The van der Waals surface area contributed by atoms with Gasteiger partial charge in [0, 0.05) is 29.6 Å². The summed E-state index contributed by atoms with van der Waals surface area (Å²) < 4.78 is 54.1. The van der Waals surface area contributed by atoms with Crippen LogP contribution in [-0.2, 0) is 16.0 Å². The summed E-state index contributed by atoms with van der Waals surface area (Å²) in [6, 6.07) is 6.40. The molecule has 5 nitrogen and oxygen atoms in total. The lowest BCUT2D eigenvalue weighted by Gasteiger charge is -2.11. The number of fused-ring (bicyclic) bond motifs is 1. The molecular formula is C23H21F4N3O2. The zero-order valence-corrected chi connectivity index (χ0v) is 17.0. The largest absolute Gasteiger partial charge is 0.352 e. The molecule has 0 saturated carbocycles. The van der Waals surface area contributed by atoms with Gasteiger partial charge in [0.1, 0.15) is 23.5 Å². The van der Waals surface area contributed by atoms with E-state index in [-0.39, 0.29) is 42.1 Å². The van der Waals surface area contributed by atoms with Gasteiger partial charge in [0.05, 0.1) is 12.2 Å². The lowest BCUT2D eigenvalue weighted by Crippen LogP contribution is -2.40. The van der Waals surface area contributed by atoms with Crippen LogP contribution in [0.1, 0.15) is 24.8 Å². The summed E-state index contributed by atoms with van der Waals surface area (Å²) >= 11 is 0. The van der Waals surface area contributed by atoms with Crippen LogP contribution in [0.5, 0.6) is 0 Å². The number of rotatable bonds is 7. The number of amides is 2. The summed E-state index contributed by atoms with van der Waals surface area (Å²) in [5, 5.41) is 5.56. The Morgan fingerprint density at radius 2 is 1.84 bits per heavy atom. The van der Waals surface area contributed by atoms with Crippen molar-refractivity contribution in [2.24, 2.45) is 0 Å². The number of hydrogen-bond acceptors (Lipinski definition) is 2. The number of alkyl halides is 1. The molecule has 9 heteroatoms. The third kappa shape index (κ3) is 4.46. The number of aromatic nitrogens is 1. The van der Waals surface area contributed by atoms with E-state index in [2.05, 4.69) is 15.6 Å². The fraction of sp³-hybridized carbons (Fsp3) is 0.304. The molecule has 3 aromatic rings. The molecule has 1 saturated heterocycles. The predicted octanol–water partition coefficient (Wildman–Crippen LogP) is 3.92. The van der Waals surface area contributed by atoms with Crippen molar-refractivity contribution < 1.29 is 27.2 Å². The maximum atomic E-state index is 14.4. The van der Waals surface area contributed by atoms with E-state index >= 15 is 0 Å². The van der Waals surface area contributed by atoms with Gasteiger partial charge in [-0.1, -0.05) is 0 Å². The van der Waals surface area contributed by atoms with Crippen molar-refractivity contribution in [2.75, 3.05) is 6.67 Å². The van der Waals surface area contributed by atoms with Gasteiger partial charge in [0.25, 0.3) is 0 Å². The highest BCUT2D eigenvalue weighted by atomic mass is 19.1. The molecule has 4 rings (SSSR count). The van der Waals surface area contributed by atoms with Crippen molar-refractivity contribution in [3.63, 3.8) is 0 Å². The van der Waals surface area contributed by atoms with Crippen molar-refractivity contribution in [3.05, 3.63) is 59.4 Å². The number of H-pyrrole nitrogens is 1. The first kappa shape index (κ1) is 21.9. The van der Waals surface area contributed by atoms with Gasteiger partial charge < -0.3 is 15.6 Å². The number of nitrogens with one attached hydrogen (secondary N) is 3. The Labute approximate surface area is 181 Å². The van der Waals surface area contributed by atoms with Crippen LogP contribution in [0, 0.1) is 17.5 Å². The Balaban J connectivity index is 1.56. The van der Waals surface area contributed by atoms with Gasteiger partial charge in [0.15, 0.2) is 0 Å². The maximum Gasteiger partial charge on any atom is 0.242 e. The molecule has 0 unspecified atom stereocenters. The predicted molar refractivity (Wildman–Crippen MR) is 111 cm³/mol. The fourth-order valence-electron chi connectivity index (χ4n) is 4.10. The molecule has 1 aromatic heterocycles. The molecule has 1 aliphatic rings. The minimum atomic E-state index is -0.777. The molecule has 2 atom stereocenters. The Morgan fingerprint density at radius 3 is 2.56 bits per heavy atom. The minimum absolute atomic E-state index is 0.0448. The van der Waals surface area contributed by atoms with Crippen LogP contribution in [0.15, 0.2) is 36.4 Å². The molecule has 2 aromatic carbocycles. The van der Waals surface area contributed by atoms with Crippen LogP contribution in [0.25, 0.3) is 22.2 Å². The van der Waals surface area contributed by atoms with Gasteiger partial charge in [-0.25, -0.2) is 13.2 Å². The average Bonchev–Trinajstić information content (AvgIpc) is 3.27. The third-order valence-electron chi connectivity index (χ3n) is 5.64. The molecule has 168 valence electrons. The SMILES string of the molecule is O=C(CCc1c(-c2ccc(F)cc2)[nH]c2c(F)cc(F)cc12)N[C@H]1C[C@@H](CCF)NC1=O. The number of halogens is 4. The molecule has 32 heavy (non-hydrogen) atoms. The van der Waals surface area contributed by atoms with E-state index in [1.165, 1.54) is 30.3 Å². The zero-order chi connectivity index (χ0) is 22.8. The Hall–Kier alpha value is -3.36. The molecule has 2 amide bonds. The Bertz CT molecular complexity index is 1160. The average molecular weight is 447 g/mol. The van der Waals surface area contributed by atoms with Crippen molar-refractivity contribution in [1.82, 2.24) is 15.6 Å². The monoisotopic (exact) mass is 447 g/mol. The second kappa shape index (κ2) is 9.02. The third-order valence-corrected chi connectivity index (χ3v) is 5.64. The standard InChI is InChI=1S/C23H21F4N3O2/c24-8-7-15-11-19(23(32)28-15)29-20(31)6-5-16-17-9-14(26)10-18(27)22(17)30-21(16)12-1-3-13(25)4-2-12/h1-4,9-10,15,19,30H,5-8,11H2,(H,28,32)(H,29,31)/t15-,19+/m1/s1. The molecule has 0 spiro atoms. The van der Waals surface area contributed by atoms with Gasteiger partial charge in [-0.15, -0.1) is 0 Å². The van der Waals surface area contributed by atoms with Gasteiger partial charge in [-0.3, -0.25) is 14.0 Å². The molecule has 0 aliphatic carbocycles. The maximum absolute atomic E-state index is 14.4. The van der Waals surface area contributed by atoms with Crippen molar-refractivity contribution in [3.8, 4) is 11.3 Å². The molecule has 2 heterocycles. The summed E-state index contributed by atoms with van der Waals surface area (Å²) in [5.74, 6) is -2.75. The summed E-state index contributed by atoms with van der Waals surface area (Å²) in [7, 11) is 0. The van der Waals surface area contributed by atoms with E-state index in [1.54, 1.807) is 0 Å². The number of carbonyl (C=O) groups excluding carboxylic acids is 2. The highest BCUT2D eigenvalue weighted by molar-refractivity contribution is 5.93. The molecular weight excluding hydrogens is 426 g/mol. The van der Waals surface area contributed by atoms with E-state index in [0.29, 0.717) is 23.2 Å². The van der Waals surface area contributed by atoms with Crippen LogP contribution in [0.4, 0.5) is 17.6 Å². The normalized spacial score (nSPS) is 18.2. The fourth-order valence-corrected chi connectivity index (χ4v) is 4.10. The van der Waals surface area contributed by atoms with E-state index in [9.17, 15) is 27.2 Å². The second-order valence-electron chi connectivity index (χ2n) is 7.83. The lowest BCUT2D eigenvalue weighted by atomic mass is 10.0. The molecule has 0 radical (unpaired) electrons. The van der Waals surface area contributed by atoms with Gasteiger partial charge in [0.2, 0.25) is 11.8 Å². The van der Waals surface area contributed by atoms with Gasteiger partial charge >= 0.3 is 0 Å². The molecule has 1 fully saturated rings. The van der Waals surface area contributed by atoms with Gasteiger partial charge in [-0.2, -0.15) is 0 Å². The Morgan fingerprint density at radius 1 is 1.09 bits per heavy atom. The van der Waals surface area contributed by atoms with Crippen LogP contribution >= 0.6 is 0 Å². The first-order valence-electron chi connectivity index (χ1n) is 10.3. The summed E-state index contributed by atoms with van der Waals surface area (Å²) in [6.07, 6.45) is 0.574. The Kier molecular flexibility index (Phi) is 6.16. The molecule has 1 aliphatic heterocycles. The topological polar surface area (TPSA) is 74.0 Å². The van der Waals surface area contributed by atoms with Gasteiger partial charge in [-0.05, 0) is 60.7 Å². The highest BCUT2D eigenvalue weighted by Gasteiger charge is 2.32. The van der Waals surface area contributed by atoms with E-state index in [1.807, 2.05) is 0 Å². The molecule has 3 N–H and O–H groups in total. The quantitative estimate of drug-likeness (QED) is 0.481. The van der Waals surface area contributed by atoms with E-state index in [4.69, 9.17) is 0 Å². The number of hydrogen-bond donors (Lipinski definition) is 3. The van der Waals surface area contributed by atoms with Crippen LogP contribution in [-0.4, -0.2) is 35.6 Å². The van der Waals surface area contributed by atoms with Crippen molar-refractivity contribution in [2.45, 2.75) is 37.8 Å². The zero-order valence-electron chi connectivity index (χ0n) is 17.0. The van der Waals surface area contributed by atoms with Crippen LogP contribution < -0.4 is 10.6 Å². The number of carbonyl (C=O) groups is 2. The van der Waals surface area contributed by atoms with Crippen molar-refractivity contribution >= 4 is 22.7 Å². The minimum Gasteiger partial charge on any atom is -0.352 e. The summed E-state index contributed by atoms with van der Waals surface area (Å²) in [6.45, 7) is -0.564. The smallest absolute Gasteiger partial charge is 0.242 e.